The highest BCUT2D eigenvalue weighted by molar-refractivity contribution is 6.42. The van der Waals surface area contributed by atoms with Gasteiger partial charge in [0.05, 0.1) is 10.0 Å². The number of amides is 1. The van der Waals surface area contributed by atoms with Gasteiger partial charge in [-0.1, -0.05) is 58.7 Å². The van der Waals surface area contributed by atoms with E-state index in [0.717, 1.165) is 5.56 Å². The molecule has 0 aliphatic rings. The summed E-state index contributed by atoms with van der Waals surface area (Å²) in [5.74, 6) is 0.143. The van der Waals surface area contributed by atoms with Gasteiger partial charge in [0.15, 0.2) is 11.5 Å². The Balaban J connectivity index is 1.78. The van der Waals surface area contributed by atoms with Crippen molar-refractivity contribution in [3.05, 3.63) is 70.3 Å². The number of aromatic nitrogens is 1. The van der Waals surface area contributed by atoms with Crippen LogP contribution in [0.3, 0.4) is 0 Å². The Kier molecular flexibility index (Phi) is 4.13. The van der Waals surface area contributed by atoms with Crippen LogP contribution in [0.15, 0.2) is 59.1 Å². The van der Waals surface area contributed by atoms with Gasteiger partial charge in [-0.25, -0.2) is 0 Å². The molecule has 0 spiro atoms. The molecular weight excluding hydrogens is 323 g/mol. The highest BCUT2D eigenvalue weighted by Gasteiger charge is 2.14. The van der Waals surface area contributed by atoms with Crippen LogP contribution in [0.1, 0.15) is 10.5 Å². The zero-order valence-corrected chi connectivity index (χ0v) is 12.7. The van der Waals surface area contributed by atoms with E-state index in [0.29, 0.717) is 21.5 Å². The molecule has 0 atom stereocenters. The maximum absolute atomic E-state index is 12.1. The van der Waals surface area contributed by atoms with E-state index in [1.165, 1.54) is 0 Å². The molecule has 0 fully saturated rings. The largest absolute Gasteiger partial charge is 0.355 e. The Bertz CT molecular complexity index is 816. The maximum atomic E-state index is 12.1. The standard InChI is InChI=1S/C16H10Cl2N2O2/c17-12-7-6-11(8-13(12)18)19-16(21)14-9-15(22-20-14)10-4-2-1-3-5-10/h1-9H,(H,19,21). The first kappa shape index (κ1) is 14.6. The summed E-state index contributed by atoms with van der Waals surface area (Å²) in [5.41, 5.74) is 1.57. The fourth-order valence-electron chi connectivity index (χ4n) is 1.89. The van der Waals surface area contributed by atoms with Gasteiger partial charge < -0.3 is 9.84 Å². The molecule has 1 heterocycles. The average molecular weight is 333 g/mol. The lowest BCUT2D eigenvalue weighted by atomic mass is 10.1. The van der Waals surface area contributed by atoms with Crippen LogP contribution in [0.25, 0.3) is 11.3 Å². The van der Waals surface area contributed by atoms with Crippen molar-refractivity contribution in [2.24, 2.45) is 0 Å². The number of carbonyl (C=O) groups is 1. The second kappa shape index (κ2) is 6.22. The first-order valence-electron chi connectivity index (χ1n) is 6.42. The van der Waals surface area contributed by atoms with E-state index in [-0.39, 0.29) is 11.6 Å². The zero-order valence-electron chi connectivity index (χ0n) is 11.2. The third-order valence-electron chi connectivity index (χ3n) is 2.98. The number of anilines is 1. The van der Waals surface area contributed by atoms with E-state index in [1.807, 2.05) is 30.3 Å². The minimum absolute atomic E-state index is 0.185. The number of rotatable bonds is 3. The molecule has 110 valence electrons. The predicted octanol–water partition coefficient (Wildman–Crippen LogP) is 4.90. The minimum Gasteiger partial charge on any atom is -0.355 e. The van der Waals surface area contributed by atoms with Crippen molar-refractivity contribution in [3.63, 3.8) is 0 Å². The lowest BCUT2D eigenvalue weighted by molar-refractivity contribution is 0.101. The molecule has 0 saturated heterocycles. The van der Waals surface area contributed by atoms with Crippen LogP contribution in [0.4, 0.5) is 5.69 Å². The van der Waals surface area contributed by atoms with E-state index in [4.69, 9.17) is 27.7 Å². The van der Waals surface area contributed by atoms with Crippen molar-refractivity contribution < 1.29 is 9.32 Å². The Morgan fingerprint density at radius 3 is 2.50 bits per heavy atom. The molecular formula is C16H10Cl2N2O2. The summed E-state index contributed by atoms with van der Waals surface area (Å²) >= 11 is 11.7. The predicted molar refractivity (Wildman–Crippen MR) is 86.4 cm³/mol. The average Bonchev–Trinajstić information content (AvgIpc) is 3.02. The van der Waals surface area contributed by atoms with Crippen LogP contribution in [0, 0.1) is 0 Å². The van der Waals surface area contributed by atoms with Crippen LogP contribution in [-0.2, 0) is 0 Å². The van der Waals surface area contributed by atoms with E-state index in [9.17, 15) is 4.79 Å². The lowest BCUT2D eigenvalue weighted by Crippen LogP contribution is -2.12. The number of hydrogen-bond donors (Lipinski definition) is 1. The van der Waals surface area contributed by atoms with E-state index < -0.39 is 0 Å². The molecule has 0 aliphatic heterocycles. The quantitative estimate of drug-likeness (QED) is 0.742. The Hall–Kier alpha value is -2.30. The van der Waals surface area contributed by atoms with Gasteiger partial charge in [-0.05, 0) is 18.2 Å². The fraction of sp³-hybridized carbons (Fsp3) is 0. The summed E-state index contributed by atoms with van der Waals surface area (Å²) in [6.45, 7) is 0. The van der Waals surface area contributed by atoms with Crippen LogP contribution >= 0.6 is 23.2 Å². The second-order valence-electron chi connectivity index (χ2n) is 4.53. The topological polar surface area (TPSA) is 55.1 Å². The first-order chi connectivity index (χ1) is 10.6. The van der Waals surface area contributed by atoms with Gasteiger partial charge in [0.25, 0.3) is 5.91 Å². The van der Waals surface area contributed by atoms with Crippen molar-refractivity contribution >= 4 is 34.8 Å². The van der Waals surface area contributed by atoms with Gasteiger partial charge in [-0.2, -0.15) is 0 Å². The summed E-state index contributed by atoms with van der Waals surface area (Å²) in [7, 11) is 0. The number of benzene rings is 2. The molecule has 0 saturated carbocycles. The molecule has 1 amide bonds. The van der Waals surface area contributed by atoms with Crippen molar-refractivity contribution in [1.82, 2.24) is 5.16 Å². The number of halogens is 2. The van der Waals surface area contributed by atoms with Gasteiger partial charge >= 0.3 is 0 Å². The van der Waals surface area contributed by atoms with Gasteiger partial charge in [-0.15, -0.1) is 0 Å². The van der Waals surface area contributed by atoms with Crippen LogP contribution in [0.2, 0.25) is 10.0 Å². The van der Waals surface area contributed by atoms with E-state index in [2.05, 4.69) is 10.5 Å². The van der Waals surface area contributed by atoms with Crippen molar-refractivity contribution in [3.8, 4) is 11.3 Å². The Morgan fingerprint density at radius 1 is 1.00 bits per heavy atom. The molecule has 0 bridgehead atoms. The zero-order chi connectivity index (χ0) is 15.5. The minimum atomic E-state index is -0.385. The van der Waals surface area contributed by atoms with Crippen LogP contribution in [0.5, 0.6) is 0 Å². The molecule has 0 radical (unpaired) electrons. The normalized spacial score (nSPS) is 10.5. The Labute approximate surface area is 136 Å². The molecule has 1 aromatic heterocycles. The SMILES string of the molecule is O=C(Nc1ccc(Cl)c(Cl)c1)c1cc(-c2ccccc2)on1. The molecule has 1 N–H and O–H groups in total. The fourth-order valence-corrected chi connectivity index (χ4v) is 2.19. The van der Waals surface area contributed by atoms with Gasteiger partial charge in [0.1, 0.15) is 0 Å². The summed E-state index contributed by atoms with van der Waals surface area (Å²) in [6, 6.07) is 15.8. The molecule has 6 heteroatoms. The maximum Gasteiger partial charge on any atom is 0.277 e. The molecule has 3 rings (SSSR count). The number of hydrogen-bond acceptors (Lipinski definition) is 3. The monoisotopic (exact) mass is 332 g/mol. The molecule has 0 unspecified atom stereocenters. The van der Waals surface area contributed by atoms with Crippen molar-refractivity contribution in [2.45, 2.75) is 0 Å². The van der Waals surface area contributed by atoms with Crippen LogP contribution < -0.4 is 5.32 Å². The third kappa shape index (κ3) is 3.13. The second-order valence-corrected chi connectivity index (χ2v) is 5.34. The summed E-state index contributed by atoms with van der Waals surface area (Å²) in [4.78, 5) is 12.1. The summed E-state index contributed by atoms with van der Waals surface area (Å²) < 4.78 is 5.19. The number of nitrogens with zero attached hydrogens (tertiary/aromatic N) is 1. The molecule has 3 aromatic rings. The van der Waals surface area contributed by atoms with Gasteiger partial charge in [-0.3, -0.25) is 4.79 Å². The molecule has 0 aliphatic carbocycles. The van der Waals surface area contributed by atoms with Crippen LogP contribution in [-0.4, -0.2) is 11.1 Å². The first-order valence-corrected chi connectivity index (χ1v) is 7.17. The van der Waals surface area contributed by atoms with E-state index >= 15 is 0 Å². The number of carbonyl (C=O) groups excluding carboxylic acids is 1. The lowest BCUT2D eigenvalue weighted by Gasteiger charge is -2.03. The summed E-state index contributed by atoms with van der Waals surface area (Å²) in [5, 5.41) is 7.26. The summed E-state index contributed by atoms with van der Waals surface area (Å²) in [6.07, 6.45) is 0. The van der Waals surface area contributed by atoms with Gasteiger partial charge in [0.2, 0.25) is 0 Å². The van der Waals surface area contributed by atoms with E-state index in [1.54, 1.807) is 24.3 Å². The van der Waals surface area contributed by atoms with Gasteiger partial charge in [0, 0.05) is 17.3 Å². The third-order valence-corrected chi connectivity index (χ3v) is 3.72. The number of nitrogens with one attached hydrogen (secondary N) is 1. The van der Waals surface area contributed by atoms with Crippen molar-refractivity contribution in [1.29, 1.82) is 0 Å². The molecule has 2 aromatic carbocycles. The Morgan fingerprint density at radius 2 is 1.77 bits per heavy atom. The highest BCUT2D eigenvalue weighted by Crippen LogP contribution is 2.25. The molecule has 4 nitrogen and oxygen atoms in total. The smallest absolute Gasteiger partial charge is 0.277 e. The van der Waals surface area contributed by atoms with Crippen molar-refractivity contribution in [2.75, 3.05) is 5.32 Å². The highest BCUT2D eigenvalue weighted by atomic mass is 35.5. The molecule has 22 heavy (non-hydrogen) atoms.